The minimum Gasteiger partial charge on any atom is -0.497 e. The second-order valence-corrected chi connectivity index (χ2v) is 26.9. The van der Waals surface area contributed by atoms with Gasteiger partial charge in [-0.1, -0.05) is 12.1 Å². The molecule has 4 aliphatic carbocycles. The van der Waals surface area contributed by atoms with E-state index in [4.69, 9.17) is 9.47 Å². The van der Waals surface area contributed by atoms with Crippen molar-refractivity contribution in [3.8, 4) is 5.75 Å². The van der Waals surface area contributed by atoms with Gasteiger partial charge in [-0.25, -0.2) is 0 Å². The second-order valence-electron chi connectivity index (χ2n) is 26.9. The number of carbonyl (C=O) groups is 1. The molecule has 0 saturated carbocycles. The fourth-order valence-corrected chi connectivity index (χ4v) is 26.4. The summed E-state index contributed by atoms with van der Waals surface area (Å²) in [5, 5.41) is 89.0. The summed E-state index contributed by atoms with van der Waals surface area (Å²) in [6, 6.07) is 8.18. The average Bonchev–Trinajstić information content (AvgIpc) is 1.56. The van der Waals surface area contributed by atoms with Crippen molar-refractivity contribution >= 4 is 297 Å². The average molecular weight is 942 g/mol. The van der Waals surface area contributed by atoms with Gasteiger partial charge in [0.25, 0.3) is 0 Å². The first kappa shape index (κ1) is 29.7. The Hall–Kier alpha value is -9.09. The number of carbonyl (C=O) groups excluding carboxylic acids is 1. The van der Waals surface area contributed by atoms with Gasteiger partial charge in [-0.15, -0.1) is 0 Å². The third-order valence-corrected chi connectivity index (χ3v) is 26.6. The molecule has 4 nitrogen and oxygen atoms in total. The van der Waals surface area contributed by atoms with E-state index in [1.54, 1.807) is 244 Å². The van der Waals surface area contributed by atoms with Gasteiger partial charge in [0.05, 0.1) is 24.5 Å². The number of nitrogens with one attached hydrogen (secondary N) is 1. The Morgan fingerprint density at radius 3 is 0.763 bits per heavy atom. The number of esters is 1. The number of ether oxygens (including phenoxy) is 2. The lowest BCUT2D eigenvalue weighted by Crippen LogP contribution is -2.57. The normalized spacial score (nSPS) is 23.6. The van der Waals surface area contributed by atoms with E-state index in [0.717, 1.165) is 5.75 Å². The molecule has 29 aromatic carbocycles. The molecular weight excluding hydrogens is 927 g/mol. The Labute approximate surface area is 415 Å². The van der Waals surface area contributed by atoms with Crippen LogP contribution in [-0.2, 0) is 20.4 Å². The first-order valence-electron chi connectivity index (χ1n) is 28.1. The third-order valence-electron chi connectivity index (χ3n) is 26.6. The summed E-state index contributed by atoms with van der Waals surface area (Å²) in [6.07, 6.45) is 0. The van der Waals surface area contributed by atoms with E-state index >= 15 is 4.79 Å². The zero-order chi connectivity index (χ0) is 46.0. The molecule has 0 aromatic heterocycles. The Morgan fingerprint density at radius 1 is 0.342 bits per heavy atom. The van der Waals surface area contributed by atoms with Crippen molar-refractivity contribution in [3.05, 3.63) is 52.1 Å². The number of benzene rings is 19. The summed E-state index contributed by atoms with van der Waals surface area (Å²) in [4.78, 5) is 16.4. The van der Waals surface area contributed by atoms with Crippen LogP contribution in [0.25, 0.3) is 291 Å². The molecule has 76 heavy (non-hydrogen) atoms. The fourth-order valence-electron chi connectivity index (χ4n) is 26.4. The Kier molecular flexibility index (Phi) is 2.72. The highest BCUT2D eigenvalue weighted by molar-refractivity contribution is 6.82. The molecule has 1 heterocycles. The van der Waals surface area contributed by atoms with E-state index in [1.165, 1.54) is 81.3 Å². The molecular formula is C72H15NO3. The van der Waals surface area contributed by atoms with Gasteiger partial charge in [0.15, 0.2) is 0 Å². The topological polar surface area (TPSA) is 47.6 Å². The highest BCUT2D eigenvalue weighted by atomic mass is 16.5. The molecule has 34 rings (SSSR count). The van der Waals surface area contributed by atoms with Gasteiger partial charge < -0.3 is 9.47 Å². The van der Waals surface area contributed by atoms with Crippen molar-refractivity contribution in [2.75, 3.05) is 13.7 Å². The SMILES string of the molecule is CCOC(=O)[C@H]1N[C@H](c2ccc(OC)cc2)C23c4c5c6c7c8c9c(c%10c%11c2c2c4c4c%12c5c5c6c6c8c8c%13c9c9c%10c%10c%11c%11c2c2c4c4c%12c%12c5c5c6c8c6c8c%13c9c9c%10c%10c%11c2c2c4c4c%12c5c6c5c8c9c%10c2c45)C713. The molecule has 1 aliphatic heterocycles. The van der Waals surface area contributed by atoms with Crippen molar-refractivity contribution in [1.29, 1.82) is 0 Å². The molecule has 2 spiro atoms. The van der Waals surface area contributed by atoms with Gasteiger partial charge in [0, 0.05) is 6.04 Å². The van der Waals surface area contributed by atoms with Crippen LogP contribution in [-0.4, -0.2) is 25.7 Å². The first-order chi connectivity index (χ1) is 37.7. The summed E-state index contributed by atoms with van der Waals surface area (Å²) in [5.41, 5.74) is 5.77. The fraction of sp³-hybridized carbons (Fsp3) is 0.0972. The zero-order valence-electron chi connectivity index (χ0n) is 39.4. The molecule has 1 fully saturated rings. The Bertz CT molecular complexity index is 7430. The van der Waals surface area contributed by atoms with Crippen LogP contribution in [0.3, 0.4) is 0 Å². The van der Waals surface area contributed by atoms with Crippen molar-refractivity contribution in [2.45, 2.75) is 29.8 Å². The van der Waals surface area contributed by atoms with Crippen molar-refractivity contribution in [1.82, 2.24) is 5.32 Å². The maximum Gasteiger partial charge on any atom is 0.324 e. The van der Waals surface area contributed by atoms with E-state index in [0.29, 0.717) is 6.61 Å². The lowest BCUT2D eigenvalue weighted by molar-refractivity contribution is -0.146. The first-order valence-corrected chi connectivity index (χ1v) is 28.1. The van der Waals surface area contributed by atoms with Crippen molar-refractivity contribution in [2.24, 2.45) is 0 Å². The molecule has 0 bridgehead atoms. The molecule has 4 heteroatoms. The van der Waals surface area contributed by atoms with Gasteiger partial charge in [0.1, 0.15) is 11.8 Å². The third kappa shape index (κ3) is 1.63. The van der Waals surface area contributed by atoms with E-state index < -0.39 is 16.9 Å². The summed E-state index contributed by atoms with van der Waals surface area (Å²) in [7, 11) is 1.79. The largest absolute Gasteiger partial charge is 0.497 e. The number of rotatable bonds is 4. The van der Waals surface area contributed by atoms with Gasteiger partial charge >= 0.3 is 5.97 Å². The number of hydrogen-bond donors (Lipinski definition) is 1. The van der Waals surface area contributed by atoms with E-state index in [1.807, 2.05) is 6.92 Å². The van der Waals surface area contributed by atoms with Crippen LogP contribution >= 0.6 is 0 Å². The summed E-state index contributed by atoms with van der Waals surface area (Å²) in [5.74, 6) is 0.757. The molecule has 1 N–H and O–H groups in total. The molecule has 0 radical (unpaired) electrons. The van der Waals surface area contributed by atoms with Crippen molar-refractivity contribution < 1.29 is 14.3 Å². The predicted octanol–water partition coefficient (Wildman–Crippen LogP) is 17.6. The summed E-state index contributed by atoms with van der Waals surface area (Å²) < 4.78 is 12.6. The number of methoxy groups -OCH3 is 1. The van der Waals surface area contributed by atoms with Crippen LogP contribution in [0.2, 0.25) is 0 Å². The van der Waals surface area contributed by atoms with E-state index in [2.05, 4.69) is 29.6 Å². The summed E-state index contributed by atoms with van der Waals surface area (Å²) >= 11 is 0. The van der Waals surface area contributed by atoms with Crippen LogP contribution in [0.4, 0.5) is 0 Å². The Morgan fingerprint density at radius 2 is 0.553 bits per heavy atom. The van der Waals surface area contributed by atoms with E-state index in [9.17, 15) is 0 Å². The van der Waals surface area contributed by atoms with Crippen LogP contribution in [0, 0.1) is 0 Å². The summed E-state index contributed by atoms with van der Waals surface area (Å²) in [6.45, 7) is 2.36. The molecule has 29 aromatic rings. The van der Waals surface area contributed by atoms with Crippen LogP contribution < -0.4 is 10.1 Å². The number of hydrogen-bond acceptors (Lipinski definition) is 4. The zero-order valence-corrected chi connectivity index (χ0v) is 39.4. The maximum atomic E-state index is 16.4. The van der Waals surface area contributed by atoms with Crippen LogP contribution in [0.1, 0.15) is 40.8 Å². The lowest BCUT2D eigenvalue weighted by atomic mass is 9.46. The van der Waals surface area contributed by atoms with Gasteiger partial charge in [-0.3, -0.25) is 10.1 Å². The van der Waals surface area contributed by atoms with Crippen LogP contribution in [0.5, 0.6) is 5.75 Å². The lowest BCUT2D eigenvalue weighted by Gasteiger charge is -2.53. The Balaban J connectivity index is 1.12. The molecule has 1 saturated heterocycles. The minimum absolute atomic E-state index is 0.101. The molecule has 326 valence electrons. The second kappa shape index (κ2) is 6.95. The van der Waals surface area contributed by atoms with Crippen LogP contribution in [0.15, 0.2) is 24.3 Å². The molecule has 0 amide bonds. The quantitative estimate of drug-likeness (QED) is 0.141. The minimum atomic E-state index is -0.810. The monoisotopic (exact) mass is 941 g/mol. The smallest absolute Gasteiger partial charge is 0.324 e. The van der Waals surface area contributed by atoms with Crippen molar-refractivity contribution in [3.63, 3.8) is 0 Å². The maximum absolute atomic E-state index is 16.4. The highest BCUT2D eigenvalue weighted by Crippen LogP contribution is 2.87. The molecule has 2 atom stereocenters. The van der Waals surface area contributed by atoms with E-state index in [-0.39, 0.29) is 12.0 Å². The van der Waals surface area contributed by atoms with Gasteiger partial charge in [-0.2, -0.15) is 0 Å². The molecule has 0 unspecified atom stereocenters. The molecule has 5 aliphatic rings. The van der Waals surface area contributed by atoms with Gasteiger partial charge in [0.2, 0.25) is 0 Å². The highest BCUT2D eigenvalue weighted by Gasteiger charge is 2.79. The predicted molar refractivity (Wildman–Crippen MR) is 313 cm³/mol. The standard InChI is InChI=1S/C72H15NO3/c1-3-76-70(74)69-72-66-60-50-40-30-22-14-11-10-12-16-18(14)26-32-24(16)34-28-20(12)21-13(10)17-19-15(11)23(22)31-37-27(19)33-25(17)35-29(21)39-38(28)48-42(34)52-46(32)54(44(50)36(26)30)62(66)58(52)64-56(48)57-49(39)43(35)53-47(33)55-45(37)51(41(31)40)61(60)67(72)63(55)59(53)65(57)71(64,72)68(73-69)8-4-6-9(75-2)7-5-8/h4-7,68-69,73H,3H2,1-2H3/t68-,69-,71?,72?/m1/s1. The van der Waals surface area contributed by atoms with Gasteiger partial charge in [-0.05, 0) is 338 Å².